The number of hydrogen-bond donors (Lipinski definition) is 1. The van der Waals surface area contributed by atoms with E-state index in [0.29, 0.717) is 11.8 Å². The van der Waals surface area contributed by atoms with Gasteiger partial charge in [-0.25, -0.2) is 0 Å². The Bertz CT molecular complexity index is 469. The largest absolute Gasteiger partial charge is 0.461 e. The molecule has 1 fully saturated rings. The van der Waals surface area contributed by atoms with E-state index in [2.05, 4.69) is 18.2 Å². The van der Waals surface area contributed by atoms with E-state index in [4.69, 9.17) is 10.2 Å². The standard InChI is InChI=1S/C15H19NO/c16-10-12-6-1-3-7-13(12)15-9-11-5-2-4-8-14(11)17-15/h2,4-5,8-9,12-13H,1,3,6-7,10,16H2. The van der Waals surface area contributed by atoms with Crippen molar-refractivity contribution in [2.75, 3.05) is 6.54 Å². The topological polar surface area (TPSA) is 39.2 Å². The highest BCUT2D eigenvalue weighted by molar-refractivity contribution is 5.77. The predicted molar refractivity (Wildman–Crippen MR) is 70.0 cm³/mol. The van der Waals surface area contributed by atoms with Gasteiger partial charge in [-0.3, -0.25) is 0 Å². The van der Waals surface area contributed by atoms with Crippen molar-refractivity contribution in [3.8, 4) is 0 Å². The fourth-order valence-corrected chi connectivity index (χ4v) is 3.05. The number of furan rings is 1. The van der Waals surface area contributed by atoms with Crippen LogP contribution in [0.5, 0.6) is 0 Å². The third-order valence-corrected chi connectivity index (χ3v) is 4.02. The normalized spacial score (nSPS) is 25.2. The van der Waals surface area contributed by atoms with Gasteiger partial charge in [-0.2, -0.15) is 0 Å². The van der Waals surface area contributed by atoms with Crippen LogP contribution in [0, 0.1) is 5.92 Å². The molecule has 0 amide bonds. The molecule has 1 aliphatic carbocycles. The third kappa shape index (κ3) is 1.98. The van der Waals surface area contributed by atoms with Crippen molar-refractivity contribution < 1.29 is 4.42 Å². The third-order valence-electron chi connectivity index (χ3n) is 4.02. The van der Waals surface area contributed by atoms with E-state index in [-0.39, 0.29) is 0 Å². The lowest BCUT2D eigenvalue weighted by Gasteiger charge is -2.28. The van der Waals surface area contributed by atoms with Gasteiger partial charge < -0.3 is 10.2 Å². The van der Waals surface area contributed by atoms with Crippen LogP contribution in [-0.2, 0) is 0 Å². The van der Waals surface area contributed by atoms with Crippen LogP contribution >= 0.6 is 0 Å². The minimum atomic E-state index is 0.529. The highest BCUT2D eigenvalue weighted by atomic mass is 16.3. The summed E-state index contributed by atoms with van der Waals surface area (Å²) in [5.41, 5.74) is 6.89. The minimum absolute atomic E-state index is 0.529. The van der Waals surface area contributed by atoms with Crippen LogP contribution < -0.4 is 5.73 Å². The molecule has 2 aromatic rings. The molecule has 2 unspecified atom stereocenters. The molecule has 90 valence electrons. The van der Waals surface area contributed by atoms with E-state index in [0.717, 1.165) is 17.9 Å². The monoisotopic (exact) mass is 229 g/mol. The molecule has 17 heavy (non-hydrogen) atoms. The first-order chi connectivity index (χ1) is 8.38. The first kappa shape index (κ1) is 10.8. The Morgan fingerprint density at radius 2 is 2.00 bits per heavy atom. The van der Waals surface area contributed by atoms with Crippen LogP contribution in [0.15, 0.2) is 34.7 Å². The van der Waals surface area contributed by atoms with Crippen LogP contribution in [0.2, 0.25) is 0 Å². The molecule has 3 rings (SSSR count). The minimum Gasteiger partial charge on any atom is -0.461 e. The Morgan fingerprint density at radius 3 is 2.82 bits per heavy atom. The van der Waals surface area contributed by atoms with Gasteiger partial charge in [-0.05, 0) is 37.4 Å². The fourth-order valence-electron chi connectivity index (χ4n) is 3.05. The van der Waals surface area contributed by atoms with Gasteiger partial charge in [0.15, 0.2) is 0 Å². The van der Waals surface area contributed by atoms with Crippen molar-refractivity contribution in [2.24, 2.45) is 11.7 Å². The van der Waals surface area contributed by atoms with Gasteiger partial charge >= 0.3 is 0 Å². The maximum atomic E-state index is 5.98. The second kappa shape index (κ2) is 4.53. The molecule has 0 radical (unpaired) electrons. The average molecular weight is 229 g/mol. The lowest BCUT2D eigenvalue weighted by atomic mass is 9.78. The van der Waals surface area contributed by atoms with Crippen LogP contribution in [0.4, 0.5) is 0 Å². The van der Waals surface area contributed by atoms with Gasteiger partial charge in [-0.1, -0.05) is 31.0 Å². The SMILES string of the molecule is NCC1CCCCC1c1cc2ccccc2o1. The van der Waals surface area contributed by atoms with Crippen molar-refractivity contribution in [2.45, 2.75) is 31.6 Å². The Kier molecular flexibility index (Phi) is 2.89. The zero-order valence-corrected chi connectivity index (χ0v) is 10.1. The van der Waals surface area contributed by atoms with Crippen molar-refractivity contribution in [3.63, 3.8) is 0 Å². The summed E-state index contributed by atoms with van der Waals surface area (Å²) in [7, 11) is 0. The second-order valence-electron chi connectivity index (χ2n) is 5.07. The van der Waals surface area contributed by atoms with E-state index < -0.39 is 0 Å². The van der Waals surface area contributed by atoms with Crippen LogP contribution in [0.1, 0.15) is 37.4 Å². The Balaban J connectivity index is 1.96. The molecule has 0 spiro atoms. The highest BCUT2D eigenvalue weighted by Gasteiger charge is 2.27. The second-order valence-corrected chi connectivity index (χ2v) is 5.07. The fraction of sp³-hybridized carbons (Fsp3) is 0.467. The van der Waals surface area contributed by atoms with Gasteiger partial charge in [0.25, 0.3) is 0 Å². The lowest BCUT2D eigenvalue weighted by Crippen LogP contribution is -2.24. The maximum Gasteiger partial charge on any atom is 0.134 e. The molecule has 1 aromatic carbocycles. The number of fused-ring (bicyclic) bond motifs is 1. The Morgan fingerprint density at radius 1 is 1.18 bits per heavy atom. The van der Waals surface area contributed by atoms with Crippen molar-refractivity contribution >= 4 is 11.0 Å². The van der Waals surface area contributed by atoms with Crippen LogP contribution in [-0.4, -0.2) is 6.54 Å². The number of para-hydroxylation sites is 1. The predicted octanol–water partition coefficient (Wildman–Crippen LogP) is 3.67. The molecular formula is C15H19NO. The molecule has 1 saturated carbocycles. The van der Waals surface area contributed by atoms with Gasteiger partial charge in [-0.15, -0.1) is 0 Å². The van der Waals surface area contributed by atoms with Gasteiger partial charge in [0.2, 0.25) is 0 Å². The summed E-state index contributed by atoms with van der Waals surface area (Å²) in [6.45, 7) is 0.779. The number of rotatable bonds is 2. The van der Waals surface area contributed by atoms with Crippen LogP contribution in [0.3, 0.4) is 0 Å². The Hall–Kier alpha value is -1.28. The highest BCUT2D eigenvalue weighted by Crippen LogP contribution is 2.39. The summed E-state index contributed by atoms with van der Waals surface area (Å²) in [5.74, 6) is 2.27. The van der Waals surface area contributed by atoms with E-state index in [1.165, 1.54) is 31.1 Å². The number of hydrogen-bond acceptors (Lipinski definition) is 2. The zero-order chi connectivity index (χ0) is 11.7. The molecule has 1 aromatic heterocycles. The molecule has 1 aliphatic rings. The van der Waals surface area contributed by atoms with Crippen LogP contribution in [0.25, 0.3) is 11.0 Å². The van der Waals surface area contributed by atoms with Crippen molar-refractivity contribution in [1.82, 2.24) is 0 Å². The zero-order valence-electron chi connectivity index (χ0n) is 10.1. The Labute approximate surface area is 102 Å². The van der Waals surface area contributed by atoms with Crippen molar-refractivity contribution in [3.05, 3.63) is 36.1 Å². The molecular weight excluding hydrogens is 210 g/mol. The van der Waals surface area contributed by atoms with E-state index >= 15 is 0 Å². The summed E-state index contributed by atoms with van der Waals surface area (Å²) >= 11 is 0. The van der Waals surface area contributed by atoms with E-state index in [9.17, 15) is 0 Å². The summed E-state index contributed by atoms with van der Waals surface area (Å²) in [6.07, 6.45) is 5.09. The first-order valence-electron chi connectivity index (χ1n) is 6.57. The summed E-state index contributed by atoms with van der Waals surface area (Å²) in [5, 5.41) is 1.21. The molecule has 0 aliphatic heterocycles. The maximum absolute atomic E-state index is 5.98. The van der Waals surface area contributed by atoms with Crippen molar-refractivity contribution in [1.29, 1.82) is 0 Å². The smallest absolute Gasteiger partial charge is 0.134 e. The van der Waals surface area contributed by atoms with E-state index in [1.807, 2.05) is 12.1 Å². The quantitative estimate of drug-likeness (QED) is 0.853. The molecule has 2 atom stereocenters. The summed E-state index contributed by atoms with van der Waals surface area (Å²) in [6, 6.07) is 10.4. The average Bonchev–Trinajstić information content (AvgIpc) is 2.82. The molecule has 0 saturated heterocycles. The summed E-state index contributed by atoms with van der Waals surface area (Å²) in [4.78, 5) is 0. The summed E-state index contributed by atoms with van der Waals surface area (Å²) < 4.78 is 5.98. The molecule has 2 N–H and O–H groups in total. The first-order valence-corrected chi connectivity index (χ1v) is 6.57. The van der Waals surface area contributed by atoms with Gasteiger partial charge in [0, 0.05) is 11.3 Å². The van der Waals surface area contributed by atoms with E-state index in [1.54, 1.807) is 0 Å². The molecule has 0 bridgehead atoms. The molecule has 1 heterocycles. The van der Waals surface area contributed by atoms with Gasteiger partial charge in [0.05, 0.1) is 0 Å². The van der Waals surface area contributed by atoms with Gasteiger partial charge in [0.1, 0.15) is 11.3 Å². The molecule has 2 nitrogen and oxygen atoms in total. The number of benzene rings is 1. The molecule has 2 heteroatoms. The number of nitrogens with two attached hydrogens (primary N) is 1. The lowest BCUT2D eigenvalue weighted by molar-refractivity contribution is 0.282.